The fourth-order valence-electron chi connectivity index (χ4n) is 1.25. The van der Waals surface area contributed by atoms with E-state index in [2.05, 4.69) is 19.2 Å². The number of halogens is 3. The molecule has 1 N–H and O–H groups in total. The van der Waals surface area contributed by atoms with E-state index in [0.717, 1.165) is 6.54 Å². The summed E-state index contributed by atoms with van der Waals surface area (Å²) in [6.45, 7) is 9.62. The van der Waals surface area contributed by atoms with Gasteiger partial charge in [-0.05, 0) is 6.42 Å². The monoisotopic (exact) mass is 255 g/mol. The molecule has 0 bridgehead atoms. The molecule has 0 atom stereocenters. The van der Waals surface area contributed by atoms with Crippen molar-refractivity contribution in [3.63, 3.8) is 0 Å². The van der Waals surface area contributed by atoms with Crippen LogP contribution in [0.2, 0.25) is 0 Å². The van der Waals surface area contributed by atoms with E-state index < -0.39 is 12.6 Å². The third-order valence-electron chi connectivity index (χ3n) is 2.23. The van der Waals surface area contributed by atoms with E-state index >= 15 is 0 Å². The average Bonchev–Trinajstić information content (AvgIpc) is 2.12. The van der Waals surface area contributed by atoms with Crippen LogP contribution in [0.4, 0.5) is 13.2 Å². The van der Waals surface area contributed by atoms with Gasteiger partial charge >= 0.3 is 6.18 Å². The molecule has 0 aliphatic heterocycles. The molecule has 5 heteroatoms. The molecule has 0 aromatic heterocycles. The van der Waals surface area contributed by atoms with Crippen LogP contribution in [0.5, 0.6) is 0 Å². The summed E-state index contributed by atoms with van der Waals surface area (Å²) in [5.41, 5.74) is -0.0531. The zero-order valence-electron chi connectivity index (χ0n) is 11.2. The van der Waals surface area contributed by atoms with Gasteiger partial charge in [0.15, 0.2) is 0 Å². The minimum atomic E-state index is -4.07. The molecule has 0 aliphatic carbocycles. The summed E-state index contributed by atoms with van der Waals surface area (Å²) in [6, 6.07) is 0.402. The van der Waals surface area contributed by atoms with Gasteiger partial charge in [0.05, 0.1) is 6.61 Å². The normalized spacial score (nSPS) is 13.4. The molecule has 17 heavy (non-hydrogen) atoms. The van der Waals surface area contributed by atoms with E-state index in [9.17, 15) is 13.2 Å². The Morgan fingerprint density at radius 3 is 2.24 bits per heavy atom. The maximum absolute atomic E-state index is 11.9. The van der Waals surface area contributed by atoms with Crippen molar-refractivity contribution in [2.75, 3.05) is 19.8 Å². The fourth-order valence-corrected chi connectivity index (χ4v) is 1.25. The predicted molar refractivity (Wildman–Crippen MR) is 63.0 cm³/mol. The second-order valence-electron chi connectivity index (χ2n) is 5.47. The summed E-state index contributed by atoms with van der Waals surface area (Å²) in [6.07, 6.45) is -4.80. The molecule has 0 heterocycles. The van der Waals surface area contributed by atoms with Gasteiger partial charge < -0.3 is 10.1 Å². The summed E-state index contributed by atoms with van der Waals surface area (Å²) in [5.74, 6) is 0. The van der Waals surface area contributed by atoms with Crippen LogP contribution in [0.25, 0.3) is 0 Å². The van der Waals surface area contributed by atoms with Crippen molar-refractivity contribution in [3.8, 4) is 0 Å². The van der Waals surface area contributed by atoms with Gasteiger partial charge in [0.1, 0.15) is 0 Å². The van der Waals surface area contributed by atoms with E-state index in [4.69, 9.17) is 4.74 Å². The number of ether oxygens (including phenoxy) is 1. The van der Waals surface area contributed by atoms with Gasteiger partial charge in [0.25, 0.3) is 0 Å². The lowest BCUT2D eigenvalue weighted by atomic mass is 9.94. The molecule has 0 unspecified atom stereocenters. The molecule has 0 amide bonds. The number of nitrogens with one attached hydrogen (secondary N) is 1. The maximum Gasteiger partial charge on any atom is 0.389 e. The largest absolute Gasteiger partial charge is 0.389 e. The molecule has 0 aromatic rings. The summed E-state index contributed by atoms with van der Waals surface area (Å²) in [4.78, 5) is 0. The highest BCUT2D eigenvalue weighted by Crippen LogP contribution is 2.21. The molecule has 0 radical (unpaired) electrons. The van der Waals surface area contributed by atoms with E-state index in [1.54, 1.807) is 0 Å². The van der Waals surface area contributed by atoms with Crippen LogP contribution in [-0.2, 0) is 4.74 Å². The molecule has 104 valence electrons. The number of hydrogen-bond acceptors (Lipinski definition) is 2. The second kappa shape index (κ2) is 7.21. The Morgan fingerprint density at radius 1 is 1.18 bits per heavy atom. The van der Waals surface area contributed by atoms with E-state index in [1.807, 2.05) is 13.8 Å². The van der Waals surface area contributed by atoms with Crippen molar-refractivity contribution in [1.29, 1.82) is 0 Å². The molecule has 0 aromatic carbocycles. The van der Waals surface area contributed by atoms with E-state index in [-0.39, 0.29) is 18.4 Å². The number of alkyl halides is 3. The van der Waals surface area contributed by atoms with Crippen LogP contribution in [0.3, 0.4) is 0 Å². The lowest BCUT2D eigenvalue weighted by Crippen LogP contribution is -2.36. The van der Waals surface area contributed by atoms with Gasteiger partial charge in [0, 0.05) is 31.0 Å². The third kappa shape index (κ3) is 12.0. The minimum absolute atomic E-state index is 0.0389. The quantitative estimate of drug-likeness (QED) is 0.671. The topological polar surface area (TPSA) is 21.3 Å². The van der Waals surface area contributed by atoms with Crippen LogP contribution in [0.15, 0.2) is 0 Å². The smallest absolute Gasteiger partial charge is 0.381 e. The van der Waals surface area contributed by atoms with Gasteiger partial charge in [-0.2, -0.15) is 13.2 Å². The lowest BCUT2D eigenvalue weighted by Gasteiger charge is -2.26. The Morgan fingerprint density at radius 2 is 1.76 bits per heavy atom. The predicted octanol–water partition coefficient (Wildman–Crippen LogP) is 3.37. The Bertz CT molecular complexity index is 202. The zero-order valence-corrected chi connectivity index (χ0v) is 11.2. The zero-order chi connectivity index (χ0) is 13.5. The fraction of sp³-hybridized carbons (Fsp3) is 1.00. The van der Waals surface area contributed by atoms with Crippen LogP contribution >= 0.6 is 0 Å². The number of hydrogen-bond donors (Lipinski definition) is 1. The first kappa shape index (κ1) is 16.7. The molecule has 0 fully saturated rings. The summed E-state index contributed by atoms with van der Waals surface area (Å²) < 4.78 is 40.9. The molecule has 0 aliphatic rings. The first-order chi connectivity index (χ1) is 7.62. The van der Waals surface area contributed by atoms with Crippen molar-refractivity contribution in [1.82, 2.24) is 5.32 Å². The van der Waals surface area contributed by atoms with Crippen LogP contribution < -0.4 is 5.32 Å². The first-order valence-corrected chi connectivity index (χ1v) is 6.00. The van der Waals surface area contributed by atoms with Gasteiger partial charge in [-0.25, -0.2) is 0 Å². The maximum atomic E-state index is 11.9. The van der Waals surface area contributed by atoms with Crippen LogP contribution in [-0.4, -0.2) is 32.0 Å². The Hall–Kier alpha value is -0.290. The van der Waals surface area contributed by atoms with Crippen molar-refractivity contribution in [3.05, 3.63) is 0 Å². The third-order valence-corrected chi connectivity index (χ3v) is 2.23. The highest BCUT2D eigenvalue weighted by molar-refractivity contribution is 4.72. The minimum Gasteiger partial charge on any atom is -0.381 e. The van der Waals surface area contributed by atoms with Gasteiger partial charge in [0.2, 0.25) is 0 Å². The van der Waals surface area contributed by atoms with Crippen molar-refractivity contribution < 1.29 is 17.9 Å². The van der Waals surface area contributed by atoms with Gasteiger partial charge in [-0.3, -0.25) is 0 Å². The molecule has 0 rings (SSSR count). The first-order valence-electron chi connectivity index (χ1n) is 6.00. The number of rotatable bonds is 8. The van der Waals surface area contributed by atoms with Gasteiger partial charge in [-0.15, -0.1) is 0 Å². The summed E-state index contributed by atoms with van der Waals surface area (Å²) in [7, 11) is 0. The molecular formula is C12H24F3NO. The highest BCUT2D eigenvalue weighted by atomic mass is 19.4. The van der Waals surface area contributed by atoms with Crippen molar-refractivity contribution in [2.24, 2.45) is 5.41 Å². The molecule has 2 nitrogen and oxygen atoms in total. The lowest BCUT2D eigenvalue weighted by molar-refractivity contribution is -0.138. The van der Waals surface area contributed by atoms with Crippen molar-refractivity contribution in [2.45, 2.75) is 52.8 Å². The highest BCUT2D eigenvalue weighted by Gasteiger charge is 2.26. The molecule has 0 saturated heterocycles. The van der Waals surface area contributed by atoms with E-state index in [1.165, 1.54) is 0 Å². The Labute approximate surface area is 102 Å². The standard InChI is InChI=1S/C12H24F3NO/c1-10(2)16-8-11(3,4)9-17-7-5-6-12(13,14)15/h10,16H,5-9H2,1-4H3. The van der Waals surface area contributed by atoms with Crippen molar-refractivity contribution >= 4 is 0 Å². The van der Waals surface area contributed by atoms with Gasteiger partial charge in [-0.1, -0.05) is 27.7 Å². The molecule has 0 spiro atoms. The van der Waals surface area contributed by atoms with Crippen LogP contribution in [0, 0.1) is 5.41 Å². The second-order valence-corrected chi connectivity index (χ2v) is 5.47. The Kier molecular flexibility index (Phi) is 7.09. The molecule has 0 saturated carbocycles. The van der Waals surface area contributed by atoms with Crippen LogP contribution in [0.1, 0.15) is 40.5 Å². The SMILES string of the molecule is CC(C)NCC(C)(C)COCCCC(F)(F)F. The average molecular weight is 255 g/mol. The molecular weight excluding hydrogens is 231 g/mol. The summed E-state index contributed by atoms with van der Waals surface area (Å²) in [5, 5.41) is 3.29. The van der Waals surface area contributed by atoms with E-state index in [0.29, 0.717) is 12.6 Å². The Balaban J connectivity index is 3.59. The summed E-state index contributed by atoms with van der Waals surface area (Å²) >= 11 is 0.